The molecule has 0 saturated carbocycles. The van der Waals surface area contributed by atoms with E-state index in [0.717, 1.165) is 0 Å². The van der Waals surface area contributed by atoms with Gasteiger partial charge in [-0.2, -0.15) is 0 Å². The van der Waals surface area contributed by atoms with E-state index < -0.39 is 23.8 Å². The first-order valence-electron chi connectivity index (χ1n) is 9.26. The van der Waals surface area contributed by atoms with Gasteiger partial charge < -0.3 is 15.3 Å². The van der Waals surface area contributed by atoms with E-state index in [-0.39, 0.29) is 42.3 Å². The number of imide groups is 1. The van der Waals surface area contributed by atoms with Gasteiger partial charge in [0, 0.05) is 29.8 Å². The number of nitrogens with one attached hydrogen (secondary N) is 2. The lowest BCUT2D eigenvalue weighted by molar-refractivity contribution is -0.136. The molecule has 0 radical (unpaired) electrons. The quantitative estimate of drug-likeness (QED) is 0.656. The molecule has 1 atom stereocenters. The third kappa shape index (κ3) is 3.52. The summed E-state index contributed by atoms with van der Waals surface area (Å²) < 4.78 is 0. The number of nitrogens with zero attached hydrogens (tertiary/aromatic N) is 1. The fraction of sp³-hybridized carbons (Fsp3) is 0.190. The van der Waals surface area contributed by atoms with Crippen LogP contribution in [0.1, 0.15) is 49.5 Å². The molecule has 2 aliphatic heterocycles. The van der Waals surface area contributed by atoms with Gasteiger partial charge in [-0.25, -0.2) is 4.79 Å². The van der Waals surface area contributed by atoms with E-state index in [1.165, 1.54) is 35.2 Å². The summed E-state index contributed by atoms with van der Waals surface area (Å²) in [4.78, 5) is 61.2. The molecular formula is C21H17N3O6. The average molecular weight is 407 g/mol. The van der Waals surface area contributed by atoms with Crippen LogP contribution in [-0.2, 0) is 16.1 Å². The van der Waals surface area contributed by atoms with Crippen LogP contribution in [0.4, 0.5) is 5.69 Å². The van der Waals surface area contributed by atoms with E-state index in [0.29, 0.717) is 16.8 Å². The predicted molar refractivity (Wildman–Crippen MR) is 104 cm³/mol. The van der Waals surface area contributed by atoms with E-state index in [2.05, 4.69) is 10.6 Å². The van der Waals surface area contributed by atoms with Crippen LogP contribution in [0.3, 0.4) is 0 Å². The third-order valence-electron chi connectivity index (χ3n) is 5.18. The first kappa shape index (κ1) is 19.3. The van der Waals surface area contributed by atoms with Crippen molar-refractivity contribution in [1.82, 2.24) is 10.2 Å². The minimum atomic E-state index is -1.06. The van der Waals surface area contributed by atoms with E-state index in [9.17, 15) is 24.0 Å². The molecule has 0 spiro atoms. The monoisotopic (exact) mass is 407 g/mol. The Kier molecular flexibility index (Phi) is 4.78. The number of fused-ring (bicyclic) bond motifs is 1. The molecule has 2 aromatic carbocycles. The number of benzene rings is 2. The number of rotatable bonds is 4. The number of carboxylic acid groups (broad SMARTS) is 1. The molecule has 0 aliphatic carbocycles. The first-order chi connectivity index (χ1) is 14.3. The Morgan fingerprint density at radius 3 is 2.40 bits per heavy atom. The summed E-state index contributed by atoms with van der Waals surface area (Å²) in [7, 11) is 0. The number of amides is 4. The maximum absolute atomic E-state index is 12.8. The first-order valence-corrected chi connectivity index (χ1v) is 9.26. The molecule has 3 N–H and O–H groups in total. The highest BCUT2D eigenvalue weighted by Crippen LogP contribution is 2.28. The number of carbonyl (C=O) groups excluding carboxylic acids is 4. The minimum Gasteiger partial charge on any atom is -0.478 e. The van der Waals surface area contributed by atoms with Crippen LogP contribution in [-0.4, -0.2) is 45.6 Å². The van der Waals surface area contributed by atoms with Crippen LogP contribution in [0.25, 0.3) is 0 Å². The fourth-order valence-electron chi connectivity index (χ4n) is 3.60. The van der Waals surface area contributed by atoms with Gasteiger partial charge >= 0.3 is 5.97 Å². The third-order valence-corrected chi connectivity index (χ3v) is 5.18. The molecule has 4 rings (SSSR count). The van der Waals surface area contributed by atoms with Crippen molar-refractivity contribution < 1.29 is 29.1 Å². The van der Waals surface area contributed by atoms with Crippen molar-refractivity contribution in [3.63, 3.8) is 0 Å². The zero-order valence-electron chi connectivity index (χ0n) is 15.7. The van der Waals surface area contributed by atoms with Gasteiger partial charge in [0.2, 0.25) is 11.8 Å². The summed E-state index contributed by atoms with van der Waals surface area (Å²) in [6.45, 7) is 0.235. The van der Waals surface area contributed by atoms with Gasteiger partial charge in [-0.05, 0) is 48.4 Å². The van der Waals surface area contributed by atoms with E-state index in [1.807, 2.05) is 0 Å². The Morgan fingerprint density at radius 2 is 1.73 bits per heavy atom. The van der Waals surface area contributed by atoms with Crippen molar-refractivity contribution >= 4 is 35.3 Å². The number of carboxylic acids is 1. The van der Waals surface area contributed by atoms with Gasteiger partial charge in [-0.1, -0.05) is 6.07 Å². The number of piperidine rings is 1. The van der Waals surface area contributed by atoms with Crippen molar-refractivity contribution in [2.24, 2.45) is 0 Å². The smallest absolute Gasteiger partial charge is 0.335 e. The van der Waals surface area contributed by atoms with Crippen molar-refractivity contribution in [3.05, 3.63) is 64.7 Å². The topological polar surface area (TPSA) is 133 Å². The SMILES string of the molecule is O=C1CCC(N2Cc3ccc(C(=O)Nc4ccc(C(=O)O)cc4)cc3C2=O)C(=O)N1. The summed E-state index contributed by atoms with van der Waals surface area (Å²) in [5.41, 5.74) is 1.82. The number of carbonyl (C=O) groups is 5. The molecule has 2 aromatic rings. The lowest BCUT2D eigenvalue weighted by Crippen LogP contribution is -2.52. The van der Waals surface area contributed by atoms with Crippen molar-refractivity contribution in [2.45, 2.75) is 25.4 Å². The second-order valence-electron chi connectivity index (χ2n) is 7.11. The second-order valence-corrected chi connectivity index (χ2v) is 7.11. The highest BCUT2D eigenvalue weighted by Gasteiger charge is 2.39. The largest absolute Gasteiger partial charge is 0.478 e. The molecule has 1 unspecified atom stereocenters. The lowest BCUT2D eigenvalue weighted by atomic mass is 10.0. The molecule has 2 aliphatic rings. The number of hydrogen-bond acceptors (Lipinski definition) is 5. The molecule has 1 saturated heterocycles. The summed E-state index contributed by atoms with van der Waals surface area (Å²) in [6.07, 6.45) is 0.439. The van der Waals surface area contributed by atoms with Crippen LogP contribution in [0, 0.1) is 0 Å². The number of anilines is 1. The lowest BCUT2D eigenvalue weighted by Gasteiger charge is -2.29. The Labute approximate surface area is 170 Å². The summed E-state index contributed by atoms with van der Waals surface area (Å²) in [5.74, 6) is -2.72. The summed E-state index contributed by atoms with van der Waals surface area (Å²) in [6, 6.07) is 9.72. The molecule has 0 bridgehead atoms. The van der Waals surface area contributed by atoms with Crippen molar-refractivity contribution in [1.29, 1.82) is 0 Å². The fourth-order valence-corrected chi connectivity index (χ4v) is 3.60. The van der Waals surface area contributed by atoms with Crippen LogP contribution < -0.4 is 10.6 Å². The van der Waals surface area contributed by atoms with Gasteiger partial charge in [0.05, 0.1) is 5.56 Å². The minimum absolute atomic E-state index is 0.102. The van der Waals surface area contributed by atoms with Crippen LogP contribution >= 0.6 is 0 Å². The molecule has 2 heterocycles. The normalized spacial score (nSPS) is 18.1. The van der Waals surface area contributed by atoms with Crippen LogP contribution in [0.5, 0.6) is 0 Å². The zero-order valence-corrected chi connectivity index (χ0v) is 15.7. The van der Waals surface area contributed by atoms with E-state index >= 15 is 0 Å². The molecule has 0 aromatic heterocycles. The van der Waals surface area contributed by atoms with Gasteiger partial charge in [0.15, 0.2) is 0 Å². The van der Waals surface area contributed by atoms with E-state index in [1.54, 1.807) is 12.1 Å². The van der Waals surface area contributed by atoms with Crippen LogP contribution in [0.2, 0.25) is 0 Å². The number of hydrogen-bond donors (Lipinski definition) is 3. The summed E-state index contributed by atoms with van der Waals surface area (Å²) in [5, 5.41) is 13.8. The maximum atomic E-state index is 12.8. The van der Waals surface area contributed by atoms with Gasteiger partial charge in [-0.3, -0.25) is 24.5 Å². The van der Waals surface area contributed by atoms with Gasteiger partial charge in [0.1, 0.15) is 6.04 Å². The molecule has 1 fully saturated rings. The van der Waals surface area contributed by atoms with Crippen molar-refractivity contribution in [2.75, 3.05) is 5.32 Å². The van der Waals surface area contributed by atoms with Gasteiger partial charge in [0.25, 0.3) is 11.8 Å². The maximum Gasteiger partial charge on any atom is 0.335 e. The Morgan fingerprint density at radius 1 is 1.03 bits per heavy atom. The number of aromatic carboxylic acids is 1. The highest BCUT2D eigenvalue weighted by molar-refractivity contribution is 6.09. The van der Waals surface area contributed by atoms with Crippen LogP contribution in [0.15, 0.2) is 42.5 Å². The predicted octanol–water partition coefficient (Wildman–Crippen LogP) is 1.40. The van der Waals surface area contributed by atoms with Gasteiger partial charge in [-0.15, -0.1) is 0 Å². The van der Waals surface area contributed by atoms with Crippen molar-refractivity contribution in [3.8, 4) is 0 Å². The average Bonchev–Trinajstić information content (AvgIpc) is 3.04. The Hall–Kier alpha value is -4.01. The zero-order chi connectivity index (χ0) is 21.4. The standard InChI is InChI=1S/C21H17N3O6/c25-17-8-7-16(19(27)23-17)24-10-13-2-1-12(9-15(13)20(24)28)18(26)22-14-5-3-11(4-6-14)21(29)30/h1-6,9,16H,7-8,10H2,(H,22,26)(H,29,30)(H,23,25,27). The molecule has 9 heteroatoms. The Bertz CT molecular complexity index is 1090. The molecule has 30 heavy (non-hydrogen) atoms. The summed E-state index contributed by atoms with van der Waals surface area (Å²) >= 11 is 0. The molecule has 4 amide bonds. The van der Waals surface area contributed by atoms with E-state index in [4.69, 9.17) is 5.11 Å². The molecule has 152 valence electrons. The highest BCUT2D eigenvalue weighted by atomic mass is 16.4. The Balaban J connectivity index is 1.50. The molecular weight excluding hydrogens is 390 g/mol. The second kappa shape index (κ2) is 7.43. The molecule has 9 nitrogen and oxygen atoms in total.